The number of hydrogen-bond acceptors (Lipinski definition) is 11. The van der Waals surface area contributed by atoms with Crippen molar-refractivity contribution in [3.63, 3.8) is 0 Å². The third-order valence-electron chi connectivity index (χ3n) is 6.77. The molecule has 0 aliphatic carbocycles. The van der Waals surface area contributed by atoms with E-state index in [-0.39, 0.29) is 37.6 Å². The highest BCUT2D eigenvalue weighted by atomic mass is 32.1. The zero-order valence-corrected chi connectivity index (χ0v) is 27.5. The Hall–Kier alpha value is -4.55. The minimum absolute atomic E-state index is 0.0581. The number of benzene rings is 2. The Morgan fingerprint density at radius 3 is 2.35 bits per heavy atom. The summed E-state index contributed by atoms with van der Waals surface area (Å²) in [5, 5.41) is 12.8. The Labute approximate surface area is 275 Å². The number of carbonyl (C=O) groups is 4. The van der Waals surface area contributed by atoms with Crippen molar-refractivity contribution in [2.24, 2.45) is 10.2 Å². The zero-order valence-electron chi connectivity index (χ0n) is 25.8. The van der Waals surface area contributed by atoms with Gasteiger partial charge in [-0.25, -0.2) is 4.98 Å². The van der Waals surface area contributed by atoms with Gasteiger partial charge in [-0.1, -0.05) is 66.9 Å². The van der Waals surface area contributed by atoms with Gasteiger partial charge in [-0.05, 0) is 67.3 Å². The number of nitrogens with zero attached hydrogens (tertiary/aromatic N) is 3. The molecule has 2 aromatic carbocycles. The number of unbranched alkanes of at least 4 members (excludes halogenated alkanes) is 1. The van der Waals surface area contributed by atoms with E-state index in [1.54, 1.807) is 6.92 Å². The molecule has 1 N–H and O–H groups in total. The predicted molar refractivity (Wildman–Crippen MR) is 180 cm³/mol. The summed E-state index contributed by atoms with van der Waals surface area (Å²) in [7, 11) is 0. The monoisotopic (exact) mass is 660 g/mol. The van der Waals surface area contributed by atoms with Crippen LogP contribution in [0.25, 0.3) is 9.53 Å². The molecule has 46 heavy (non-hydrogen) atoms. The smallest absolute Gasteiger partial charge is 0.306 e. The first-order chi connectivity index (χ1) is 22.2. The van der Waals surface area contributed by atoms with Crippen molar-refractivity contribution in [3.05, 3.63) is 83.9 Å². The van der Waals surface area contributed by atoms with Crippen LogP contribution < -0.4 is 5.32 Å². The second-order valence-electron chi connectivity index (χ2n) is 10.5. The molecule has 0 aliphatic rings. The number of aryl methyl sites for hydroxylation is 1. The van der Waals surface area contributed by atoms with Gasteiger partial charge in [-0.2, -0.15) is 0 Å². The van der Waals surface area contributed by atoms with Gasteiger partial charge in [0.25, 0.3) is 5.91 Å². The van der Waals surface area contributed by atoms with Gasteiger partial charge in [0.2, 0.25) is 0 Å². The van der Waals surface area contributed by atoms with Crippen molar-refractivity contribution in [1.29, 1.82) is 0 Å². The summed E-state index contributed by atoms with van der Waals surface area (Å²) in [6, 6.07) is 17.0. The summed E-state index contributed by atoms with van der Waals surface area (Å²) in [5.41, 5.74) is 3.45. The lowest BCUT2D eigenvalue weighted by molar-refractivity contribution is -0.153. The van der Waals surface area contributed by atoms with Crippen molar-refractivity contribution in [2.45, 2.75) is 64.9 Å². The molecule has 2 heterocycles. The molecule has 0 bridgehead atoms. The summed E-state index contributed by atoms with van der Waals surface area (Å²) in [5.74, 6) is -1.45. The number of carbonyl (C=O) groups excluding carboxylic acids is 4. The number of hydrogen-bond donors (Lipinski definition) is 1. The number of ether oxygens (including phenoxy) is 2. The Morgan fingerprint density at radius 1 is 0.957 bits per heavy atom. The maximum absolute atomic E-state index is 12.7. The standard InChI is InChI=1S/C34H36N4O6S2/c1-4-6-7-23-8-12-25(13-9-23)32(42)35-34-36-33-28(45-34)21-29(46-33)38-37-26-14-10-24(11-15-26)18-19-43-30(40)16-17-31(41)44-22(3)20-27(39)5-2/h5,8-15,21-22H,2,4,6-7,16-20H2,1,3H3,(H,35,36,42). The second kappa shape index (κ2) is 17.2. The van der Waals surface area contributed by atoms with E-state index in [1.807, 2.05) is 54.6 Å². The molecule has 0 aliphatic heterocycles. The van der Waals surface area contributed by atoms with Crippen LogP contribution in [0.1, 0.15) is 67.4 Å². The molecular formula is C34H36N4O6S2. The summed E-state index contributed by atoms with van der Waals surface area (Å²) < 4.78 is 11.3. The molecule has 1 amide bonds. The lowest BCUT2D eigenvalue weighted by Crippen LogP contribution is -2.19. The fraction of sp³-hybridized carbons (Fsp3) is 0.324. The van der Waals surface area contributed by atoms with Gasteiger partial charge in [0.05, 0.1) is 29.8 Å². The van der Waals surface area contributed by atoms with Crippen molar-refractivity contribution >= 4 is 71.7 Å². The Morgan fingerprint density at radius 2 is 1.65 bits per heavy atom. The lowest BCUT2D eigenvalue weighted by Gasteiger charge is -2.11. The molecule has 4 aromatic rings. The molecule has 1 unspecified atom stereocenters. The Kier molecular flexibility index (Phi) is 12.9. The van der Waals surface area contributed by atoms with E-state index in [2.05, 4.69) is 34.0 Å². The normalized spacial score (nSPS) is 11.8. The first kappa shape index (κ1) is 34.3. The quantitative estimate of drug-likeness (QED) is 0.0683. The molecular weight excluding hydrogens is 625 g/mol. The van der Waals surface area contributed by atoms with Crippen LogP contribution >= 0.6 is 22.7 Å². The average Bonchev–Trinajstić information content (AvgIpc) is 3.60. The first-order valence-electron chi connectivity index (χ1n) is 15.0. The van der Waals surface area contributed by atoms with E-state index >= 15 is 0 Å². The number of nitrogens with one attached hydrogen (secondary N) is 1. The minimum Gasteiger partial charge on any atom is -0.465 e. The van der Waals surface area contributed by atoms with Gasteiger partial charge in [-0.15, -0.1) is 10.2 Å². The van der Waals surface area contributed by atoms with Gasteiger partial charge in [-0.3, -0.25) is 24.5 Å². The third-order valence-corrected chi connectivity index (χ3v) is 8.73. The van der Waals surface area contributed by atoms with Crippen LogP contribution in [0.2, 0.25) is 0 Å². The number of esters is 2. The topological polar surface area (TPSA) is 136 Å². The highest BCUT2D eigenvalue weighted by molar-refractivity contribution is 7.30. The molecule has 12 heteroatoms. The molecule has 240 valence electrons. The van der Waals surface area contributed by atoms with Crippen LogP contribution in [0.5, 0.6) is 0 Å². The minimum atomic E-state index is -0.575. The van der Waals surface area contributed by atoms with Gasteiger partial charge in [0, 0.05) is 18.4 Å². The Bertz CT molecular complexity index is 1660. The maximum atomic E-state index is 12.7. The number of anilines is 1. The van der Waals surface area contributed by atoms with E-state index < -0.39 is 18.0 Å². The van der Waals surface area contributed by atoms with E-state index in [0.29, 0.717) is 27.8 Å². The molecule has 1 atom stereocenters. The Balaban J connectivity index is 1.18. The molecule has 0 saturated heterocycles. The largest absolute Gasteiger partial charge is 0.465 e. The van der Waals surface area contributed by atoms with E-state index in [9.17, 15) is 19.2 Å². The van der Waals surface area contributed by atoms with Crippen LogP contribution in [0.15, 0.2) is 77.5 Å². The van der Waals surface area contributed by atoms with Crippen LogP contribution in [0.4, 0.5) is 15.8 Å². The van der Waals surface area contributed by atoms with Crippen molar-refractivity contribution in [3.8, 4) is 0 Å². The number of aromatic nitrogens is 1. The molecule has 2 aromatic heterocycles. The number of fused-ring (bicyclic) bond motifs is 1. The first-order valence-corrected chi connectivity index (χ1v) is 16.7. The van der Waals surface area contributed by atoms with Gasteiger partial charge < -0.3 is 9.47 Å². The van der Waals surface area contributed by atoms with Crippen LogP contribution in [0, 0.1) is 0 Å². The van der Waals surface area contributed by atoms with Crippen LogP contribution in [-0.4, -0.2) is 41.3 Å². The highest BCUT2D eigenvalue weighted by Crippen LogP contribution is 2.38. The maximum Gasteiger partial charge on any atom is 0.306 e. The highest BCUT2D eigenvalue weighted by Gasteiger charge is 2.15. The predicted octanol–water partition coefficient (Wildman–Crippen LogP) is 8.31. The van der Waals surface area contributed by atoms with Crippen LogP contribution in [0.3, 0.4) is 0 Å². The summed E-state index contributed by atoms with van der Waals surface area (Å²) in [4.78, 5) is 53.1. The van der Waals surface area contributed by atoms with Gasteiger partial charge >= 0.3 is 11.9 Å². The van der Waals surface area contributed by atoms with E-state index in [1.165, 1.54) is 34.3 Å². The average molecular weight is 661 g/mol. The van der Waals surface area contributed by atoms with Gasteiger partial charge in [0.1, 0.15) is 15.9 Å². The molecule has 10 nitrogen and oxygen atoms in total. The number of thiophene rings is 1. The zero-order chi connectivity index (χ0) is 32.9. The fourth-order valence-electron chi connectivity index (χ4n) is 4.29. The number of amides is 1. The van der Waals surface area contributed by atoms with E-state index in [4.69, 9.17) is 9.47 Å². The fourth-order valence-corrected chi connectivity index (χ4v) is 6.21. The van der Waals surface area contributed by atoms with Crippen molar-refractivity contribution in [1.82, 2.24) is 4.98 Å². The van der Waals surface area contributed by atoms with Crippen LogP contribution in [-0.2, 0) is 36.7 Å². The number of allylic oxidation sites excluding steroid dienone is 1. The third kappa shape index (κ3) is 10.8. The number of thiazole rings is 1. The molecule has 0 saturated carbocycles. The number of ketones is 1. The van der Waals surface area contributed by atoms with Gasteiger partial charge in [0.15, 0.2) is 10.9 Å². The molecule has 4 rings (SSSR count). The number of azo groups is 1. The summed E-state index contributed by atoms with van der Waals surface area (Å²) in [6.07, 6.45) is 4.23. The van der Waals surface area contributed by atoms with E-state index in [0.717, 1.165) is 34.4 Å². The summed E-state index contributed by atoms with van der Waals surface area (Å²) >= 11 is 2.78. The molecule has 0 radical (unpaired) electrons. The van der Waals surface area contributed by atoms with Crippen molar-refractivity contribution in [2.75, 3.05) is 11.9 Å². The SMILES string of the molecule is C=CC(=O)CC(C)OC(=O)CCC(=O)OCCc1ccc(N=Nc2cc3sc(NC(=O)c4ccc(CCCC)cc4)nc3s2)cc1. The number of rotatable bonds is 17. The molecule has 0 fully saturated rings. The second-order valence-corrected chi connectivity index (χ2v) is 12.6. The lowest BCUT2D eigenvalue weighted by atomic mass is 10.1. The van der Waals surface area contributed by atoms with Crippen molar-refractivity contribution < 1.29 is 28.7 Å². The summed E-state index contributed by atoms with van der Waals surface area (Å²) in [6.45, 7) is 7.33. The molecule has 0 spiro atoms.